The van der Waals surface area contributed by atoms with E-state index in [4.69, 9.17) is 5.73 Å². The third kappa shape index (κ3) is 4.64. The first-order valence-electron chi connectivity index (χ1n) is 10.5. The van der Waals surface area contributed by atoms with E-state index in [2.05, 4.69) is 10.3 Å². The third-order valence-electron chi connectivity index (χ3n) is 5.57. The van der Waals surface area contributed by atoms with Crippen molar-refractivity contribution < 1.29 is 9.59 Å². The van der Waals surface area contributed by atoms with Crippen LogP contribution >= 0.6 is 0 Å². The molecule has 0 aliphatic rings. The summed E-state index contributed by atoms with van der Waals surface area (Å²) in [5.74, 6) is -0.388. The molecule has 0 aliphatic carbocycles. The number of hydrogen-bond acceptors (Lipinski definition) is 3. The normalized spacial score (nSPS) is 11.8. The smallest absolute Gasteiger partial charge is 0.249 e. The number of nitrogens with two attached hydrogens (primary N) is 1. The van der Waals surface area contributed by atoms with E-state index >= 15 is 0 Å². The van der Waals surface area contributed by atoms with E-state index in [0.29, 0.717) is 12.1 Å². The number of amides is 2. The number of anilines is 2. The maximum atomic E-state index is 13.3. The Bertz CT molecular complexity index is 1220. The van der Waals surface area contributed by atoms with E-state index in [1.54, 1.807) is 18.1 Å². The standard InChI is InChI=1S/C26H26N4O2/c1-30(20-11-6-3-7-12-20)26(32)23(15-18-9-4-2-5-10-18)29-24(31)16-19-17-28-25-21(19)13-8-14-22(25)27/h2-14,17,23,28H,15-16,27H2,1H3,(H,29,31)/t23-/m1/s1. The van der Waals surface area contributed by atoms with Crippen LogP contribution in [0.2, 0.25) is 0 Å². The fraction of sp³-hybridized carbons (Fsp3) is 0.154. The topological polar surface area (TPSA) is 91.2 Å². The summed E-state index contributed by atoms with van der Waals surface area (Å²) in [4.78, 5) is 31.0. The Morgan fingerprint density at radius 1 is 0.969 bits per heavy atom. The highest BCUT2D eigenvalue weighted by atomic mass is 16.2. The first kappa shape index (κ1) is 21.2. The number of aromatic nitrogens is 1. The number of nitrogens with one attached hydrogen (secondary N) is 2. The molecule has 162 valence electrons. The summed E-state index contributed by atoms with van der Waals surface area (Å²) in [6, 6.07) is 24.0. The number of nitrogen functional groups attached to an aromatic ring is 1. The number of carbonyl (C=O) groups excluding carboxylic acids is 2. The summed E-state index contributed by atoms with van der Waals surface area (Å²) in [5, 5.41) is 3.87. The Kier molecular flexibility index (Phi) is 6.22. The molecule has 0 fully saturated rings. The number of rotatable bonds is 7. The molecule has 4 rings (SSSR count). The van der Waals surface area contributed by atoms with Crippen LogP contribution in [0.15, 0.2) is 85.1 Å². The number of likely N-dealkylation sites (N-methyl/N-ethyl adjacent to an activating group) is 1. The Morgan fingerprint density at radius 2 is 1.66 bits per heavy atom. The number of H-pyrrole nitrogens is 1. The molecule has 4 N–H and O–H groups in total. The Morgan fingerprint density at radius 3 is 2.38 bits per heavy atom. The summed E-state index contributed by atoms with van der Waals surface area (Å²) in [5.41, 5.74) is 10.1. The molecule has 0 spiro atoms. The molecule has 2 amide bonds. The highest BCUT2D eigenvalue weighted by Crippen LogP contribution is 2.23. The van der Waals surface area contributed by atoms with Gasteiger partial charge < -0.3 is 20.9 Å². The number of para-hydroxylation sites is 2. The average molecular weight is 427 g/mol. The van der Waals surface area contributed by atoms with Gasteiger partial charge in [-0.3, -0.25) is 9.59 Å². The van der Waals surface area contributed by atoms with Gasteiger partial charge in [-0.1, -0.05) is 60.7 Å². The molecule has 4 aromatic rings. The summed E-state index contributed by atoms with van der Waals surface area (Å²) in [6.45, 7) is 0. The summed E-state index contributed by atoms with van der Waals surface area (Å²) in [7, 11) is 1.73. The van der Waals surface area contributed by atoms with Crippen LogP contribution in [0.5, 0.6) is 0 Å². The minimum atomic E-state index is -0.689. The number of nitrogens with zero attached hydrogens (tertiary/aromatic N) is 1. The van der Waals surface area contributed by atoms with Crippen molar-refractivity contribution in [3.63, 3.8) is 0 Å². The molecule has 1 aromatic heterocycles. The lowest BCUT2D eigenvalue weighted by molar-refractivity contribution is -0.127. The van der Waals surface area contributed by atoms with Crippen molar-refractivity contribution in [2.75, 3.05) is 17.7 Å². The van der Waals surface area contributed by atoms with Crippen LogP contribution in [-0.2, 0) is 22.4 Å². The molecule has 1 atom stereocenters. The van der Waals surface area contributed by atoms with Crippen molar-refractivity contribution in [3.8, 4) is 0 Å². The molecule has 32 heavy (non-hydrogen) atoms. The van der Waals surface area contributed by atoms with Crippen LogP contribution in [0.25, 0.3) is 10.9 Å². The third-order valence-corrected chi connectivity index (χ3v) is 5.57. The van der Waals surface area contributed by atoms with Crippen LogP contribution in [0, 0.1) is 0 Å². The van der Waals surface area contributed by atoms with E-state index < -0.39 is 6.04 Å². The first-order valence-corrected chi connectivity index (χ1v) is 10.5. The summed E-state index contributed by atoms with van der Waals surface area (Å²) in [6.07, 6.45) is 2.35. The molecule has 0 unspecified atom stereocenters. The number of aromatic amines is 1. The lowest BCUT2D eigenvalue weighted by Crippen LogP contribution is -2.49. The Balaban J connectivity index is 1.54. The van der Waals surface area contributed by atoms with Gasteiger partial charge >= 0.3 is 0 Å². The molecular formula is C26H26N4O2. The van der Waals surface area contributed by atoms with Crippen molar-refractivity contribution in [2.24, 2.45) is 0 Å². The highest BCUT2D eigenvalue weighted by Gasteiger charge is 2.25. The average Bonchev–Trinajstić information content (AvgIpc) is 3.23. The molecule has 3 aromatic carbocycles. The van der Waals surface area contributed by atoms with Crippen molar-refractivity contribution >= 4 is 34.1 Å². The van der Waals surface area contributed by atoms with Crippen molar-refractivity contribution in [3.05, 3.63) is 96.2 Å². The number of fused-ring (bicyclic) bond motifs is 1. The number of hydrogen-bond donors (Lipinski definition) is 3. The van der Waals surface area contributed by atoms with E-state index in [-0.39, 0.29) is 18.2 Å². The lowest BCUT2D eigenvalue weighted by Gasteiger charge is -2.25. The van der Waals surface area contributed by atoms with Gasteiger partial charge in [0.25, 0.3) is 0 Å². The zero-order valence-corrected chi connectivity index (χ0v) is 17.9. The summed E-state index contributed by atoms with van der Waals surface area (Å²) >= 11 is 0. The lowest BCUT2D eigenvalue weighted by atomic mass is 10.0. The first-order chi connectivity index (χ1) is 15.5. The molecule has 1 heterocycles. The minimum Gasteiger partial charge on any atom is -0.397 e. The summed E-state index contributed by atoms with van der Waals surface area (Å²) < 4.78 is 0. The van der Waals surface area contributed by atoms with Crippen LogP contribution in [0.3, 0.4) is 0 Å². The van der Waals surface area contributed by atoms with E-state index in [1.165, 1.54) is 0 Å². The maximum Gasteiger partial charge on any atom is 0.249 e. The Labute approximate surface area is 187 Å². The van der Waals surface area contributed by atoms with E-state index in [1.807, 2.05) is 78.9 Å². The second-order valence-corrected chi connectivity index (χ2v) is 7.80. The van der Waals surface area contributed by atoms with Crippen molar-refractivity contribution in [1.29, 1.82) is 0 Å². The molecule has 0 radical (unpaired) electrons. The monoisotopic (exact) mass is 426 g/mol. The van der Waals surface area contributed by atoms with Crippen LogP contribution in [0.4, 0.5) is 11.4 Å². The van der Waals surface area contributed by atoms with Crippen LogP contribution < -0.4 is 16.0 Å². The van der Waals surface area contributed by atoms with Crippen molar-refractivity contribution in [2.45, 2.75) is 18.9 Å². The van der Waals surface area contributed by atoms with E-state index in [0.717, 1.165) is 27.7 Å². The number of carbonyl (C=O) groups is 2. The van der Waals surface area contributed by atoms with Crippen molar-refractivity contribution in [1.82, 2.24) is 10.3 Å². The van der Waals surface area contributed by atoms with Gasteiger partial charge in [-0.05, 0) is 29.3 Å². The molecule has 6 nitrogen and oxygen atoms in total. The zero-order chi connectivity index (χ0) is 22.5. The molecular weight excluding hydrogens is 400 g/mol. The van der Waals surface area contributed by atoms with Gasteiger partial charge in [0.15, 0.2) is 0 Å². The van der Waals surface area contributed by atoms with E-state index in [9.17, 15) is 9.59 Å². The van der Waals surface area contributed by atoms with Gasteiger partial charge in [0.1, 0.15) is 6.04 Å². The predicted molar refractivity (Wildman–Crippen MR) is 128 cm³/mol. The largest absolute Gasteiger partial charge is 0.397 e. The predicted octanol–water partition coefficient (Wildman–Crippen LogP) is 3.68. The molecule has 0 saturated heterocycles. The fourth-order valence-electron chi connectivity index (χ4n) is 3.86. The van der Waals surface area contributed by atoms with Crippen LogP contribution in [-0.4, -0.2) is 29.9 Å². The quantitative estimate of drug-likeness (QED) is 0.394. The second kappa shape index (κ2) is 9.39. The van der Waals surface area contributed by atoms with Crippen LogP contribution in [0.1, 0.15) is 11.1 Å². The highest BCUT2D eigenvalue weighted by molar-refractivity contribution is 6.00. The van der Waals surface area contributed by atoms with Gasteiger partial charge in [-0.2, -0.15) is 0 Å². The van der Waals surface area contributed by atoms with Gasteiger partial charge in [0, 0.05) is 30.7 Å². The fourth-order valence-corrected chi connectivity index (χ4v) is 3.86. The SMILES string of the molecule is CN(C(=O)[C@@H](Cc1ccccc1)NC(=O)Cc1c[nH]c2c(N)cccc12)c1ccccc1. The minimum absolute atomic E-state index is 0.150. The molecule has 0 saturated carbocycles. The zero-order valence-electron chi connectivity index (χ0n) is 17.9. The Hall–Kier alpha value is -4.06. The molecule has 6 heteroatoms. The molecule has 0 aliphatic heterocycles. The van der Waals surface area contributed by atoms with Gasteiger partial charge in [-0.15, -0.1) is 0 Å². The second-order valence-electron chi connectivity index (χ2n) is 7.80. The number of benzene rings is 3. The molecule has 0 bridgehead atoms. The van der Waals surface area contributed by atoms with Gasteiger partial charge in [-0.25, -0.2) is 0 Å². The van der Waals surface area contributed by atoms with Gasteiger partial charge in [0.05, 0.1) is 17.6 Å². The van der Waals surface area contributed by atoms with Gasteiger partial charge in [0.2, 0.25) is 11.8 Å². The maximum absolute atomic E-state index is 13.3.